The highest BCUT2D eigenvalue weighted by Gasteiger charge is 2.12. The van der Waals surface area contributed by atoms with Gasteiger partial charge in [0.1, 0.15) is 6.29 Å². The molecule has 0 aliphatic carbocycles. The molecule has 1 fully saturated rings. The van der Waals surface area contributed by atoms with Crippen molar-refractivity contribution in [3.63, 3.8) is 0 Å². The van der Waals surface area contributed by atoms with Crippen LogP contribution >= 0.6 is 0 Å². The molecule has 1 aliphatic heterocycles. The largest absolute Gasteiger partial charge is 0.381 e. The van der Waals surface area contributed by atoms with E-state index in [0.717, 1.165) is 25.9 Å². The van der Waals surface area contributed by atoms with E-state index in [1.807, 2.05) is 6.08 Å². The summed E-state index contributed by atoms with van der Waals surface area (Å²) in [5.74, 6) is 0.693. The lowest BCUT2D eigenvalue weighted by atomic mass is 10.1. The first kappa shape index (κ1) is 8.47. The predicted octanol–water partition coefficient (Wildman–Crippen LogP) is 1.56. The molecule has 1 atom stereocenters. The van der Waals surface area contributed by atoms with Crippen LogP contribution in [0.3, 0.4) is 0 Å². The first-order valence-electron chi connectivity index (χ1n) is 4.10. The maximum atomic E-state index is 9.93. The lowest BCUT2D eigenvalue weighted by Crippen LogP contribution is -1.95. The SMILES string of the molecule is O=CC/C=C\CC1CCOC1. The monoisotopic (exact) mass is 154 g/mol. The summed E-state index contributed by atoms with van der Waals surface area (Å²) in [5, 5.41) is 0. The summed E-state index contributed by atoms with van der Waals surface area (Å²) in [6.45, 7) is 1.80. The molecule has 62 valence electrons. The minimum Gasteiger partial charge on any atom is -0.381 e. The quantitative estimate of drug-likeness (QED) is 0.453. The van der Waals surface area contributed by atoms with E-state index in [1.54, 1.807) is 0 Å². The van der Waals surface area contributed by atoms with Gasteiger partial charge in [-0.2, -0.15) is 0 Å². The Morgan fingerprint density at radius 2 is 2.36 bits per heavy atom. The van der Waals surface area contributed by atoms with Gasteiger partial charge in [-0.05, 0) is 18.8 Å². The van der Waals surface area contributed by atoms with Crippen molar-refractivity contribution in [1.29, 1.82) is 0 Å². The van der Waals surface area contributed by atoms with Crippen LogP contribution in [-0.4, -0.2) is 19.5 Å². The number of aldehydes is 1. The van der Waals surface area contributed by atoms with E-state index in [0.29, 0.717) is 12.3 Å². The van der Waals surface area contributed by atoms with Crippen LogP contribution in [0.25, 0.3) is 0 Å². The molecule has 0 spiro atoms. The molecule has 11 heavy (non-hydrogen) atoms. The molecule has 0 saturated carbocycles. The molecule has 1 saturated heterocycles. The van der Waals surface area contributed by atoms with Crippen molar-refractivity contribution < 1.29 is 9.53 Å². The van der Waals surface area contributed by atoms with Crippen LogP contribution in [0, 0.1) is 5.92 Å². The fourth-order valence-electron chi connectivity index (χ4n) is 1.21. The standard InChI is InChI=1S/C9H14O2/c10-6-3-1-2-4-9-5-7-11-8-9/h1-2,6,9H,3-5,7-8H2/b2-1-. The average Bonchev–Trinajstić information content (AvgIpc) is 2.50. The zero-order valence-electron chi connectivity index (χ0n) is 6.66. The second-order valence-corrected chi connectivity index (χ2v) is 2.84. The van der Waals surface area contributed by atoms with Crippen molar-refractivity contribution in [2.24, 2.45) is 5.92 Å². The second kappa shape index (κ2) is 5.08. The summed E-state index contributed by atoms with van der Waals surface area (Å²) in [6, 6.07) is 0. The highest BCUT2D eigenvalue weighted by Crippen LogP contribution is 2.16. The summed E-state index contributed by atoms with van der Waals surface area (Å²) in [6.07, 6.45) is 7.70. The van der Waals surface area contributed by atoms with Crippen molar-refractivity contribution in [2.75, 3.05) is 13.2 Å². The lowest BCUT2D eigenvalue weighted by molar-refractivity contribution is -0.107. The molecule has 0 aromatic carbocycles. The summed E-state index contributed by atoms with van der Waals surface area (Å²) < 4.78 is 5.21. The van der Waals surface area contributed by atoms with Gasteiger partial charge >= 0.3 is 0 Å². The van der Waals surface area contributed by atoms with Crippen molar-refractivity contribution in [3.8, 4) is 0 Å². The Morgan fingerprint density at radius 3 is 3.00 bits per heavy atom. The molecule has 0 radical (unpaired) electrons. The fraction of sp³-hybridized carbons (Fsp3) is 0.667. The Balaban J connectivity index is 2.05. The molecule has 0 amide bonds. The molecular weight excluding hydrogens is 140 g/mol. The third kappa shape index (κ3) is 3.33. The number of allylic oxidation sites excluding steroid dienone is 2. The molecule has 0 aromatic rings. The van der Waals surface area contributed by atoms with Gasteiger partial charge in [0.25, 0.3) is 0 Å². The molecule has 0 aromatic heterocycles. The fourth-order valence-corrected chi connectivity index (χ4v) is 1.21. The molecular formula is C9H14O2. The van der Waals surface area contributed by atoms with Crippen molar-refractivity contribution in [2.45, 2.75) is 19.3 Å². The maximum Gasteiger partial charge on any atom is 0.123 e. The first-order chi connectivity index (χ1) is 5.43. The molecule has 1 aliphatic rings. The number of hydrogen-bond donors (Lipinski definition) is 0. The summed E-state index contributed by atoms with van der Waals surface area (Å²) in [5.41, 5.74) is 0. The second-order valence-electron chi connectivity index (χ2n) is 2.84. The summed E-state index contributed by atoms with van der Waals surface area (Å²) in [7, 11) is 0. The van der Waals surface area contributed by atoms with Crippen LogP contribution in [0.1, 0.15) is 19.3 Å². The Morgan fingerprint density at radius 1 is 1.45 bits per heavy atom. The molecule has 2 heteroatoms. The van der Waals surface area contributed by atoms with Gasteiger partial charge in [-0.15, -0.1) is 0 Å². The van der Waals surface area contributed by atoms with E-state index in [9.17, 15) is 4.79 Å². The van der Waals surface area contributed by atoms with Crippen LogP contribution in [0.2, 0.25) is 0 Å². The highest BCUT2D eigenvalue weighted by atomic mass is 16.5. The van der Waals surface area contributed by atoms with E-state index in [4.69, 9.17) is 4.74 Å². The van der Waals surface area contributed by atoms with Gasteiger partial charge in [-0.1, -0.05) is 12.2 Å². The summed E-state index contributed by atoms with van der Waals surface area (Å²) >= 11 is 0. The van der Waals surface area contributed by atoms with Crippen LogP contribution < -0.4 is 0 Å². The van der Waals surface area contributed by atoms with Crippen molar-refractivity contribution in [3.05, 3.63) is 12.2 Å². The van der Waals surface area contributed by atoms with Crippen molar-refractivity contribution in [1.82, 2.24) is 0 Å². The zero-order chi connectivity index (χ0) is 7.94. The van der Waals surface area contributed by atoms with Crippen molar-refractivity contribution >= 4 is 6.29 Å². The Labute approximate surface area is 67.2 Å². The normalized spacial score (nSPS) is 24.5. The van der Waals surface area contributed by atoms with Crippen LogP contribution in [-0.2, 0) is 9.53 Å². The Kier molecular flexibility index (Phi) is 3.91. The van der Waals surface area contributed by atoms with Gasteiger partial charge in [-0.3, -0.25) is 0 Å². The predicted molar refractivity (Wildman–Crippen MR) is 43.4 cm³/mol. The first-order valence-corrected chi connectivity index (χ1v) is 4.10. The number of carbonyl (C=O) groups excluding carboxylic acids is 1. The Bertz CT molecular complexity index is 134. The van der Waals surface area contributed by atoms with Crippen LogP contribution in [0.5, 0.6) is 0 Å². The number of rotatable bonds is 4. The molecule has 2 nitrogen and oxygen atoms in total. The average molecular weight is 154 g/mol. The minimum absolute atomic E-state index is 0.549. The van der Waals surface area contributed by atoms with Gasteiger partial charge in [0.2, 0.25) is 0 Å². The van der Waals surface area contributed by atoms with Gasteiger partial charge in [-0.25, -0.2) is 0 Å². The lowest BCUT2D eigenvalue weighted by Gasteiger charge is -2.00. The van der Waals surface area contributed by atoms with E-state index in [1.165, 1.54) is 6.42 Å². The van der Waals surface area contributed by atoms with E-state index >= 15 is 0 Å². The molecule has 1 rings (SSSR count). The summed E-state index contributed by atoms with van der Waals surface area (Å²) in [4.78, 5) is 9.93. The molecule has 1 unspecified atom stereocenters. The van der Waals surface area contributed by atoms with E-state index in [-0.39, 0.29) is 0 Å². The molecule has 0 N–H and O–H groups in total. The third-order valence-corrected chi connectivity index (χ3v) is 1.89. The zero-order valence-corrected chi connectivity index (χ0v) is 6.66. The number of ether oxygens (including phenoxy) is 1. The molecule has 1 heterocycles. The number of hydrogen-bond acceptors (Lipinski definition) is 2. The minimum atomic E-state index is 0.549. The van der Waals surface area contributed by atoms with Crippen LogP contribution in [0.15, 0.2) is 12.2 Å². The number of carbonyl (C=O) groups is 1. The Hall–Kier alpha value is -0.630. The van der Waals surface area contributed by atoms with Gasteiger partial charge in [0.05, 0.1) is 0 Å². The smallest absolute Gasteiger partial charge is 0.123 e. The van der Waals surface area contributed by atoms with E-state index < -0.39 is 0 Å². The van der Waals surface area contributed by atoms with Gasteiger partial charge in [0, 0.05) is 19.6 Å². The van der Waals surface area contributed by atoms with Crippen LogP contribution in [0.4, 0.5) is 0 Å². The maximum absolute atomic E-state index is 9.93. The molecule has 0 bridgehead atoms. The van der Waals surface area contributed by atoms with E-state index in [2.05, 4.69) is 6.08 Å². The van der Waals surface area contributed by atoms with Gasteiger partial charge < -0.3 is 9.53 Å². The third-order valence-electron chi connectivity index (χ3n) is 1.89. The van der Waals surface area contributed by atoms with Gasteiger partial charge in [0.15, 0.2) is 0 Å². The topological polar surface area (TPSA) is 26.3 Å². The highest BCUT2D eigenvalue weighted by molar-refractivity contribution is 5.51.